The molecule has 0 fully saturated rings. The van der Waals surface area contributed by atoms with Crippen molar-refractivity contribution in [1.29, 1.82) is 0 Å². The Bertz CT molecular complexity index is 1160. The molecule has 24 heavy (non-hydrogen) atoms. The Morgan fingerprint density at radius 2 is 1.75 bits per heavy atom. The van der Waals surface area contributed by atoms with E-state index in [2.05, 4.69) is 4.98 Å². The quantitative estimate of drug-likeness (QED) is 0.519. The fourth-order valence-corrected chi connectivity index (χ4v) is 4.01. The largest absolute Gasteiger partial charge is 0.323 e. The maximum absolute atomic E-state index is 14.2. The molecule has 1 N–H and O–H groups in total. The molecule has 2 aromatic heterocycles. The number of thiophene rings is 1. The summed E-state index contributed by atoms with van der Waals surface area (Å²) in [7, 11) is 0. The first-order valence-electron chi connectivity index (χ1n) is 7.23. The highest BCUT2D eigenvalue weighted by molar-refractivity contribution is 7.71. The van der Waals surface area contributed by atoms with Crippen LogP contribution in [0.3, 0.4) is 0 Å². The number of aromatic amines is 1. The number of hydrogen-bond acceptors (Lipinski definition) is 3. The van der Waals surface area contributed by atoms with Gasteiger partial charge in [0.15, 0.2) is 4.77 Å². The van der Waals surface area contributed by atoms with Gasteiger partial charge in [-0.2, -0.15) is 0 Å². The molecule has 0 atom stereocenters. The standard InChI is InChI=1S/C18H11FN2OS2/c19-13-8-4-5-9-14(13)21-17(22)15-12(11-6-2-1-3-7-11)10-24-16(15)20-18(21)23/h1-10H,(H,20,23). The predicted molar refractivity (Wildman–Crippen MR) is 98.0 cm³/mol. The summed E-state index contributed by atoms with van der Waals surface area (Å²) in [6.45, 7) is 0. The van der Waals surface area contributed by atoms with E-state index < -0.39 is 5.82 Å². The number of rotatable bonds is 2. The molecule has 2 heterocycles. The molecule has 0 amide bonds. The SMILES string of the molecule is O=c1c2c(-c3ccccc3)csc2[nH]c(=S)n1-c1ccccc1F. The van der Waals surface area contributed by atoms with Gasteiger partial charge in [-0.3, -0.25) is 4.79 Å². The fraction of sp³-hybridized carbons (Fsp3) is 0. The number of aromatic nitrogens is 2. The van der Waals surface area contributed by atoms with E-state index in [1.807, 2.05) is 35.7 Å². The van der Waals surface area contributed by atoms with Gasteiger partial charge in [0.05, 0.1) is 11.1 Å². The smallest absolute Gasteiger partial charge is 0.268 e. The minimum absolute atomic E-state index is 0.149. The van der Waals surface area contributed by atoms with Crippen LogP contribution in [0.25, 0.3) is 27.0 Å². The van der Waals surface area contributed by atoms with Crippen LogP contribution in [-0.4, -0.2) is 9.55 Å². The van der Waals surface area contributed by atoms with E-state index in [1.54, 1.807) is 18.2 Å². The molecule has 6 heteroatoms. The van der Waals surface area contributed by atoms with Crippen molar-refractivity contribution in [3.05, 3.63) is 80.9 Å². The molecular formula is C18H11FN2OS2. The third kappa shape index (κ3) is 2.31. The second kappa shape index (κ2) is 5.81. The first-order valence-corrected chi connectivity index (χ1v) is 8.52. The van der Waals surface area contributed by atoms with Crippen molar-refractivity contribution >= 4 is 33.8 Å². The van der Waals surface area contributed by atoms with Crippen molar-refractivity contribution < 1.29 is 4.39 Å². The van der Waals surface area contributed by atoms with Gasteiger partial charge in [-0.25, -0.2) is 8.96 Å². The highest BCUT2D eigenvalue weighted by Gasteiger charge is 2.16. The molecule has 0 aliphatic rings. The fourth-order valence-electron chi connectivity index (χ4n) is 2.70. The minimum atomic E-state index is -0.491. The molecular weight excluding hydrogens is 343 g/mol. The molecule has 0 unspecified atom stereocenters. The number of halogens is 1. The summed E-state index contributed by atoms with van der Waals surface area (Å²) >= 11 is 6.70. The molecule has 0 saturated heterocycles. The van der Waals surface area contributed by atoms with Gasteiger partial charge in [0.1, 0.15) is 10.6 Å². The summed E-state index contributed by atoms with van der Waals surface area (Å²) in [4.78, 5) is 16.8. The zero-order chi connectivity index (χ0) is 16.7. The summed E-state index contributed by atoms with van der Waals surface area (Å²) in [6, 6.07) is 15.7. The molecule has 0 bridgehead atoms. The summed E-state index contributed by atoms with van der Waals surface area (Å²) in [5.74, 6) is -0.491. The zero-order valence-electron chi connectivity index (χ0n) is 12.3. The topological polar surface area (TPSA) is 37.8 Å². The molecule has 0 aliphatic carbocycles. The van der Waals surface area contributed by atoms with Crippen LogP contribution < -0.4 is 5.56 Å². The lowest BCUT2D eigenvalue weighted by atomic mass is 10.1. The molecule has 2 aromatic carbocycles. The van der Waals surface area contributed by atoms with Crippen LogP contribution in [0.5, 0.6) is 0 Å². The van der Waals surface area contributed by atoms with Crippen LogP contribution in [0.1, 0.15) is 0 Å². The first-order chi connectivity index (χ1) is 11.7. The van der Waals surface area contributed by atoms with E-state index in [4.69, 9.17) is 12.2 Å². The molecule has 3 nitrogen and oxygen atoms in total. The van der Waals surface area contributed by atoms with Gasteiger partial charge >= 0.3 is 0 Å². The summed E-state index contributed by atoms with van der Waals surface area (Å²) in [6.07, 6.45) is 0. The highest BCUT2D eigenvalue weighted by atomic mass is 32.1. The van der Waals surface area contributed by atoms with Crippen LogP contribution in [0.4, 0.5) is 4.39 Å². The molecule has 0 aliphatic heterocycles. The highest BCUT2D eigenvalue weighted by Crippen LogP contribution is 2.31. The van der Waals surface area contributed by atoms with Crippen LogP contribution in [0.15, 0.2) is 64.8 Å². The Kier molecular flexibility index (Phi) is 3.63. The second-order valence-electron chi connectivity index (χ2n) is 5.24. The van der Waals surface area contributed by atoms with Gasteiger partial charge < -0.3 is 4.98 Å². The molecule has 118 valence electrons. The summed E-state index contributed by atoms with van der Waals surface area (Å²) < 4.78 is 15.6. The number of hydrogen-bond donors (Lipinski definition) is 1. The lowest BCUT2D eigenvalue weighted by Crippen LogP contribution is -2.21. The number of nitrogens with zero attached hydrogens (tertiary/aromatic N) is 1. The van der Waals surface area contributed by atoms with Gasteiger partial charge in [-0.1, -0.05) is 42.5 Å². The van der Waals surface area contributed by atoms with E-state index in [9.17, 15) is 9.18 Å². The third-order valence-electron chi connectivity index (χ3n) is 3.81. The van der Waals surface area contributed by atoms with Gasteiger partial charge in [-0.15, -0.1) is 11.3 Å². The van der Waals surface area contributed by atoms with Crippen LogP contribution in [-0.2, 0) is 0 Å². The Hall–Kier alpha value is -2.57. The number of para-hydroxylation sites is 1. The van der Waals surface area contributed by atoms with Crippen molar-refractivity contribution in [1.82, 2.24) is 9.55 Å². The molecule has 0 radical (unpaired) electrons. The van der Waals surface area contributed by atoms with Crippen LogP contribution >= 0.6 is 23.6 Å². The van der Waals surface area contributed by atoms with Crippen molar-refractivity contribution in [2.24, 2.45) is 0 Å². The van der Waals surface area contributed by atoms with Crippen LogP contribution in [0.2, 0.25) is 0 Å². The van der Waals surface area contributed by atoms with E-state index in [1.165, 1.54) is 22.0 Å². The number of H-pyrrole nitrogens is 1. The first kappa shape index (κ1) is 15.0. The molecule has 0 spiro atoms. The zero-order valence-corrected chi connectivity index (χ0v) is 14.0. The Balaban J connectivity index is 2.10. The number of nitrogens with one attached hydrogen (secondary N) is 1. The Morgan fingerprint density at radius 3 is 2.50 bits per heavy atom. The molecule has 0 saturated carbocycles. The Labute approximate surface area is 145 Å². The van der Waals surface area contributed by atoms with E-state index >= 15 is 0 Å². The van der Waals surface area contributed by atoms with Gasteiger partial charge in [-0.05, 0) is 29.9 Å². The summed E-state index contributed by atoms with van der Waals surface area (Å²) in [5, 5.41) is 2.43. The van der Waals surface area contributed by atoms with Crippen molar-refractivity contribution in [3.63, 3.8) is 0 Å². The van der Waals surface area contributed by atoms with E-state index in [0.29, 0.717) is 10.2 Å². The minimum Gasteiger partial charge on any atom is -0.323 e. The van der Waals surface area contributed by atoms with Gasteiger partial charge in [0.2, 0.25) is 0 Å². The average molecular weight is 354 g/mol. The van der Waals surface area contributed by atoms with Crippen LogP contribution in [0, 0.1) is 10.6 Å². The third-order valence-corrected chi connectivity index (χ3v) is 4.99. The number of fused-ring (bicyclic) bond motifs is 1. The van der Waals surface area contributed by atoms with Crippen molar-refractivity contribution in [2.45, 2.75) is 0 Å². The monoisotopic (exact) mass is 354 g/mol. The van der Waals surface area contributed by atoms with E-state index in [-0.39, 0.29) is 16.0 Å². The van der Waals surface area contributed by atoms with Gasteiger partial charge in [0, 0.05) is 10.9 Å². The normalized spacial score (nSPS) is 11.0. The average Bonchev–Trinajstić information content (AvgIpc) is 3.01. The lowest BCUT2D eigenvalue weighted by molar-refractivity contribution is 0.615. The second-order valence-corrected chi connectivity index (χ2v) is 6.51. The maximum atomic E-state index is 14.2. The number of benzene rings is 2. The Morgan fingerprint density at radius 1 is 1.04 bits per heavy atom. The van der Waals surface area contributed by atoms with Gasteiger partial charge in [0.25, 0.3) is 5.56 Å². The van der Waals surface area contributed by atoms with Crippen molar-refractivity contribution in [3.8, 4) is 16.8 Å². The lowest BCUT2D eigenvalue weighted by Gasteiger charge is -2.08. The molecule has 4 rings (SSSR count). The maximum Gasteiger partial charge on any atom is 0.268 e. The molecule has 4 aromatic rings. The van der Waals surface area contributed by atoms with Crippen molar-refractivity contribution in [2.75, 3.05) is 0 Å². The predicted octanol–water partition coefficient (Wildman–Crippen LogP) is 4.92. The van der Waals surface area contributed by atoms with E-state index in [0.717, 1.165) is 11.1 Å². The summed E-state index contributed by atoms with van der Waals surface area (Å²) in [5.41, 5.74) is 1.58.